The van der Waals surface area contributed by atoms with Crippen molar-refractivity contribution in [3.63, 3.8) is 0 Å². The van der Waals surface area contributed by atoms with Gasteiger partial charge in [-0.25, -0.2) is 19.2 Å². The largest absolute Gasteiger partial charge is 0.480 e. The summed E-state index contributed by atoms with van der Waals surface area (Å²) in [6.07, 6.45) is -0.480. The third kappa shape index (κ3) is 13.9. The third-order valence-electron chi connectivity index (χ3n) is 6.53. The molecule has 0 fully saturated rings. The standard InChI is InChI=1S/C22H26N2O5.C12H15NO4/c1-3-18(24-22(27)29-15-17-12-8-5-9-13-17)20(25)23-19(21(26)28-2)14-16-10-6-4-7-11-16;1-2-10(11(14)15)13-12(16)17-8-9-6-4-3-5-7-9/h4-13,18-19H,3,14-15H2,1-2H3,(H,23,25)(H,24,27);3-7,10H,2,8H2,1H3,(H,13,16)(H,14,15)/t18-,19-;10-/m00/s1. The number of aliphatic carboxylic acids is 1. The van der Waals surface area contributed by atoms with E-state index in [0.29, 0.717) is 12.8 Å². The molecule has 246 valence electrons. The van der Waals surface area contributed by atoms with Crippen LogP contribution in [0.3, 0.4) is 0 Å². The Hall–Kier alpha value is -5.39. The summed E-state index contributed by atoms with van der Waals surface area (Å²) in [6.45, 7) is 3.66. The number of rotatable bonds is 14. The van der Waals surface area contributed by atoms with Crippen molar-refractivity contribution in [1.29, 1.82) is 0 Å². The van der Waals surface area contributed by atoms with Crippen LogP contribution >= 0.6 is 0 Å². The van der Waals surface area contributed by atoms with E-state index >= 15 is 0 Å². The van der Waals surface area contributed by atoms with Crippen LogP contribution in [-0.4, -0.2) is 60.4 Å². The molecule has 3 rings (SSSR count). The van der Waals surface area contributed by atoms with Gasteiger partial charge >= 0.3 is 24.1 Å². The van der Waals surface area contributed by atoms with Gasteiger partial charge in [0.1, 0.15) is 31.3 Å². The van der Waals surface area contributed by atoms with Crippen molar-refractivity contribution in [2.75, 3.05) is 7.11 Å². The third-order valence-corrected chi connectivity index (χ3v) is 6.53. The fourth-order valence-corrected chi connectivity index (χ4v) is 3.96. The highest BCUT2D eigenvalue weighted by Crippen LogP contribution is 2.07. The number of methoxy groups -OCH3 is 1. The molecule has 0 saturated carbocycles. The highest BCUT2D eigenvalue weighted by molar-refractivity contribution is 5.89. The van der Waals surface area contributed by atoms with Gasteiger partial charge in [-0.05, 0) is 29.5 Å². The van der Waals surface area contributed by atoms with Gasteiger partial charge in [0.25, 0.3) is 0 Å². The quantitative estimate of drug-likeness (QED) is 0.148. The topological polar surface area (TPSA) is 169 Å². The fraction of sp³-hybridized carbons (Fsp3) is 0.324. The van der Waals surface area contributed by atoms with E-state index < -0.39 is 48.2 Å². The van der Waals surface area contributed by atoms with E-state index in [1.807, 2.05) is 91.0 Å². The molecule has 0 aliphatic heterocycles. The van der Waals surface area contributed by atoms with Gasteiger partial charge in [0.15, 0.2) is 0 Å². The van der Waals surface area contributed by atoms with E-state index in [2.05, 4.69) is 16.0 Å². The first-order valence-electron chi connectivity index (χ1n) is 14.8. The van der Waals surface area contributed by atoms with Gasteiger partial charge in [-0.15, -0.1) is 0 Å². The van der Waals surface area contributed by atoms with Crippen molar-refractivity contribution < 1.29 is 43.3 Å². The van der Waals surface area contributed by atoms with Crippen LogP contribution in [0.4, 0.5) is 9.59 Å². The van der Waals surface area contributed by atoms with E-state index in [4.69, 9.17) is 19.3 Å². The first kappa shape index (κ1) is 36.8. The van der Waals surface area contributed by atoms with Crippen molar-refractivity contribution in [2.45, 2.75) is 64.4 Å². The SMILES string of the molecule is CC[C@H](NC(=O)OCc1ccccc1)C(=O)N[C@@H](Cc1ccccc1)C(=O)OC.CC[C@H](NC(=O)OCc1ccccc1)C(=O)O. The van der Waals surface area contributed by atoms with Crippen LogP contribution in [0.15, 0.2) is 91.0 Å². The number of carboxylic acid groups (broad SMARTS) is 1. The maximum absolute atomic E-state index is 12.6. The Balaban J connectivity index is 0.000000368. The lowest BCUT2D eigenvalue weighted by Gasteiger charge is -2.21. The molecule has 0 aliphatic carbocycles. The fourth-order valence-electron chi connectivity index (χ4n) is 3.96. The van der Waals surface area contributed by atoms with Gasteiger partial charge in [-0.1, -0.05) is 105 Å². The van der Waals surface area contributed by atoms with Crippen LogP contribution in [0, 0.1) is 0 Å². The lowest BCUT2D eigenvalue weighted by Crippen LogP contribution is -2.52. The zero-order valence-corrected chi connectivity index (χ0v) is 26.1. The minimum absolute atomic E-state index is 0.101. The van der Waals surface area contributed by atoms with Gasteiger partial charge < -0.3 is 35.3 Å². The minimum Gasteiger partial charge on any atom is -0.480 e. The Morgan fingerprint density at radius 2 is 1.02 bits per heavy atom. The second kappa shape index (κ2) is 20.5. The van der Waals surface area contributed by atoms with Crippen LogP contribution < -0.4 is 16.0 Å². The summed E-state index contributed by atoms with van der Waals surface area (Å²) in [5.41, 5.74) is 2.58. The Kier molecular flexibility index (Phi) is 16.4. The molecular weight excluding hydrogens is 594 g/mol. The number of carbonyl (C=O) groups is 5. The summed E-state index contributed by atoms with van der Waals surface area (Å²) in [5, 5.41) is 16.2. The molecule has 0 bridgehead atoms. The van der Waals surface area contributed by atoms with E-state index in [-0.39, 0.29) is 19.6 Å². The van der Waals surface area contributed by atoms with E-state index in [0.717, 1.165) is 16.7 Å². The molecule has 0 saturated heterocycles. The van der Waals surface area contributed by atoms with Crippen molar-refractivity contribution >= 4 is 30.0 Å². The van der Waals surface area contributed by atoms with Gasteiger partial charge in [-0.2, -0.15) is 0 Å². The number of hydrogen-bond acceptors (Lipinski definition) is 8. The lowest BCUT2D eigenvalue weighted by molar-refractivity contribution is -0.145. The van der Waals surface area contributed by atoms with Crippen molar-refractivity contribution in [3.05, 3.63) is 108 Å². The van der Waals surface area contributed by atoms with Crippen LogP contribution in [0.1, 0.15) is 43.4 Å². The van der Waals surface area contributed by atoms with Crippen molar-refractivity contribution in [2.24, 2.45) is 0 Å². The van der Waals surface area contributed by atoms with Gasteiger partial charge in [0.2, 0.25) is 5.91 Å². The average Bonchev–Trinajstić information content (AvgIpc) is 3.08. The smallest absolute Gasteiger partial charge is 0.408 e. The van der Waals surface area contributed by atoms with Gasteiger partial charge in [0, 0.05) is 6.42 Å². The number of esters is 1. The Morgan fingerprint density at radius 1 is 0.609 bits per heavy atom. The number of carboxylic acids is 1. The van der Waals surface area contributed by atoms with Gasteiger partial charge in [-0.3, -0.25) is 4.79 Å². The normalized spacial score (nSPS) is 12.1. The second-order valence-corrected chi connectivity index (χ2v) is 9.95. The highest BCUT2D eigenvalue weighted by atomic mass is 16.6. The molecule has 3 amide bonds. The van der Waals surface area contributed by atoms with E-state index in [9.17, 15) is 24.0 Å². The molecule has 0 radical (unpaired) electrons. The summed E-state index contributed by atoms with van der Waals surface area (Å²) in [7, 11) is 1.27. The second-order valence-electron chi connectivity index (χ2n) is 9.95. The van der Waals surface area contributed by atoms with Crippen LogP contribution in [-0.2, 0) is 48.2 Å². The van der Waals surface area contributed by atoms with Crippen LogP contribution in [0.25, 0.3) is 0 Å². The minimum atomic E-state index is -1.07. The molecule has 12 heteroatoms. The number of ether oxygens (including phenoxy) is 3. The highest BCUT2D eigenvalue weighted by Gasteiger charge is 2.27. The first-order chi connectivity index (χ1) is 22.2. The maximum atomic E-state index is 12.6. The number of carbonyl (C=O) groups excluding carboxylic acids is 4. The molecular formula is C34H41N3O9. The summed E-state index contributed by atoms with van der Waals surface area (Å²) in [5.74, 6) is -2.09. The molecule has 0 unspecified atom stereocenters. The Bertz CT molecular complexity index is 1370. The van der Waals surface area contributed by atoms with Crippen LogP contribution in [0.5, 0.6) is 0 Å². The zero-order valence-electron chi connectivity index (χ0n) is 26.1. The van der Waals surface area contributed by atoms with E-state index in [1.165, 1.54) is 7.11 Å². The average molecular weight is 636 g/mol. The summed E-state index contributed by atoms with van der Waals surface area (Å²) in [6, 6.07) is 25.1. The Morgan fingerprint density at radius 3 is 1.41 bits per heavy atom. The molecule has 3 aromatic rings. The van der Waals surface area contributed by atoms with Crippen molar-refractivity contribution in [1.82, 2.24) is 16.0 Å². The Labute approximate surface area is 268 Å². The molecule has 46 heavy (non-hydrogen) atoms. The first-order valence-corrected chi connectivity index (χ1v) is 14.8. The summed E-state index contributed by atoms with van der Waals surface area (Å²) in [4.78, 5) is 58.7. The molecule has 0 spiro atoms. The molecule has 12 nitrogen and oxygen atoms in total. The number of nitrogens with one attached hydrogen (secondary N) is 3. The van der Waals surface area contributed by atoms with Gasteiger partial charge in [0.05, 0.1) is 7.11 Å². The maximum Gasteiger partial charge on any atom is 0.408 e. The monoisotopic (exact) mass is 635 g/mol. The predicted octanol–water partition coefficient (Wildman–Crippen LogP) is 4.37. The van der Waals surface area contributed by atoms with Crippen LogP contribution in [0.2, 0.25) is 0 Å². The van der Waals surface area contributed by atoms with E-state index in [1.54, 1.807) is 13.8 Å². The molecule has 4 N–H and O–H groups in total. The molecule has 0 aliphatic rings. The lowest BCUT2D eigenvalue weighted by atomic mass is 10.1. The molecule has 0 aromatic heterocycles. The summed E-state index contributed by atoms with van der Waals surface area (Å²) < 4.78 is 14.9. The number of benzene rings is 3. The number of alkyl carbamates (subject to hydrolysis) is 2. The number of amides is 3. The van der Waals surface area contributed by atoms with Crippen molar-refractivity contribution in [3.8, 4) is 0 Å². The summed E-state index contributed by atoms with van der Waals surface area (Å²) >= 11 is 0. The predicted molar refractivity (Wildman–Crippen MR) is 169 cm³/mol. The molecule has 3 atom stereocenters. The molecule has 3 aromatic carbocycles. The number of hydrogen-bond donors (Lipinski definition) is 4. The zero-order chi connectivity index (χ0) is 33.7. The molecule has 0 heterocycles.